The number of nitrogens with zero attached hydrogens (tertiary/aromatic N) is 6. The lowest BCUT2D eigenvalue weighted by Crippen LogP contribution is -2.29. The molecule has 0 unspecified atom stereocenters. The number of fused-ring (bicyclic) bond motifs is 2. The average molecular weight is 481 g/mol. The number of aryl methyl sites for hydroxylation is 1. The van der Waals surface area contributed by atoms with Gasteiger partial charge in [-0.1, -0.05) is 11.6 Å². The monoisotopic (exact) mass is 479 g/mol. The molecule has 3 aliphatic rings. The van der Waals surface area contributed by atoms with Crippen LogP contribution in [0.5, 0.6) is 5.88 Å². The summed E-state index contributed by atoms with van der Waals surface area (Å²) in [6, 6.07) is 0.176. The van der Waals surface area contributed by atoms with E-state index in [0.29, 0.717) is 47.8 Å². The average Bonchev–Trinajstić information content (AvgIpc) is 3.29. The van der Waals surface area contributed by atoms with Crippen molar-refractivity contribution in [2.75, 3.05) is 25.1 Å². The van der Waals surface area contributed by atoms with Crippen LogP contribution in [0.3, 0.4) is 0 Å². The topological polar surface area (TPSA) is 91.9 Å². The zero-order chi connectivity index (χ0) is 19.6. The van der Waals surface area contributed by atoms with E-state index in [9.17, 15) is 0 Å². The number of ether oxygens (including phenoxy) is 2. The Kier molecular flexibility index (Phi) is 4.04. The Morgan fingerprint density at radius 3 is 3.07 bits per heavy atom. The highest BCUT2D eigenvalue weighted by molar-refractivity contribution is 9.10. The van der Waals surface area contributed by atoms with Crippen molar-refractivity contribution in [3.63, 3.8) is 0 Å². The van der Waals surface area contributed by atoms with Crippen LogP contribution in [0.15, 0.2) is 10.8 Å². The van der Waals surface area contributed by atoms with Gasteiger partial charge in [-0.25, -0.2) is 14.3 Å². The second kappa shape index (κ2) is 6.55. The first kappa shape index (κ1) is 17.9. The molecule has 1 saturated heterocycles. The summed E-state index contributed by atoms with van der Waals surface area (Å²) in [6.45, 7) is 2.67. The number of anilines is 2. The third-order valence-electron chi connectivity index (χ3n) is 5.94. The molecule has 2 bridgehead atoms. The summed E-state index contributed by atoms with van der Waals surface area (Å²) in [5.74, 6) is 0.981. The van der Waals surface area contributed by atoms with Crippen molar-refractivity contribution in [1.82, 2.24) is 29.5 Å². The Morgan fingerprint density at radius 1 is 1.31 bits per heavy atom. The maximum Gasteiger partial charge on any atom is 0.258 e. The smallest absolute Gasteiger partial charge is 0.258 e. The maximum atomic E-state index is 6.23. The minimum Gasteiger partial charge on any atom is -0.475 e. The first-order valence-corrected chi connectivity index (χ1v) is 10.9. The Bertz CT molecular complexity index is 1110. The molecule has 152 valence electrons. The molecule has 2 aliphatic heterocycles. The predicted octanol–water partition coefficient (Wildman–Crippen LogP) is 3.71. The summed E-state index contributed by atoms with van der Waals surface area (Å²) in [5.41, 5.74) is 1.77. The van der Waals surface area contributed by atoms with Gasteiger partial charge in [-0.2, -0.15) is 10.1 Å². The number of hydrogen-bond donors (Lipinski definition) is 1. The SMILES string of the molecule is Clc1nn2c3nc(ncc13)Nc1c(nn([C@H]3COCC4(CC4)C3)c1Br)OCCC2. The highest BCUT2D eigenvalue weighted by Crippen LogP contribution is 2.54. The lowest BCUT2D eigenvalue weighted by atomic mass is 9.96. The molecule has 1 N–H and O–H groups in total. The van der Waals surface area contributed by atoms with Gasteiger partial charge in [-0.05, 0) is 40.6 Å². The lowest BCUT2D eigenvalue weighted by molar-refractivity contribution is 0.00427. The van der Waals surface area contributed by atoms with Crippen molar-refractivity contribution in [3.05, 3.63) is 16.0 Å². The predicted molar refractivity (Wildman–Crippen MR) is 110 cm³/mol. The van der Waals surface area contributed by atoms with Gasteiger partial charge in [0.2, 0.25) is 5.95 Å². The van der Waals surface area contributed by atoms with Crippen LogP contribution in [0.25, 0.3) is 11.0 Å². The first-order valence-electron chi connectivity index (χ1n) is 9.77. The summed E-state index contributed by atoms with van der Waals surface area (Å²) in [4.78, 5) is 9.03. The molecule has 2 fully saturated rings. The fourth-order valence-corrected chi connectivity index (χ4v) is 5.05. The molecule has 3 aromatic rings. The molecule has 0 radical (unpaired) electrons. The molecule has 1 aliphatic carbocycles. The fourth-order valence-electron chi connectivity index (χ4n) is 4.19. The van der Waals surface area contributed by atoms with E-state index >= 15 is 0 Å². The van der Waals surface area contributed by atoms with Crippen LogP contribution in [0.2, 0.25) is 5.15 Å². The lowest BCUT2D eigenvalue weighted by Gasteiger charge is -2.29. The van der Waals surface area contributed by atoms with Gasteiger partial charge in [0.15, 0.2) is 10.8 Å². The molecule has 0 aromatic carbocycles. The molecule has 11 heteroatoms. The van der Waals surface area contributed by atoms with Crippen molar-refractivity contribution in [2.45, 2.75) is 38.3 Å². The third kappa shape index (κ3) is 3.00. The van der Waals surface area contributed by atoms with E-state index in [-0.39, 0.29) is 6.04 Å². The van der Waals surface area contributed by atoms with E-state index in [1.54, 1.807) is 10.9 Å². The molecule has 29 heavy (non-hydrogen) atoms. The van der Waals surface area contributed by atoms with Crippen LogP contribution in [0.1, 0.15) is 31.7 Å². The van der Waals surface area contributed by atoms with Gasteiger partial charge in [0, 0.05) is 19.2 Å². The third-order valence-corrected chi connectivity index (χ3v) is 6.98. The summed E-state index contributed by atoms with van der Waals surface area (Å²) in [7, 11) is 0. The fraction of sp³-hybridized carbons (Fsp3) is 0.556. The second-order valence-corrected chi connectivity index (χ2v) is 9.17. The summed E-state index contributed by atoms with van der Waals surface area (Å²) in [5, 5.41) is 13.5. The van der Waals surface area contributed by atoms with E-state index in [1.165, 1.54) is 12.8 Å². The van der Waals surface area contributed by atoms with Gasteiger partial charge < -0.3 is 14.8 Å². The van der Waals surface area contributed by atoms with Crippen molar-refractivity contribution >= 4 is 50.2 Å². The molecular formula is C18H19BrClN7O2. The molecule has 9 nitrogen and oxygen atoms in total. The minimum atomic E-state index is 0.176. The normalized spacial score (nSPS) is 22.8. The van der Waals surface area contributed by atoms with Gasteiger partial charge in [-0.15, -0.1) is 5.10 Å². The van der Waals surface area contributed by atoms with Crippen LogP contribution in [-0.2, 0) is 11.3 Å². The Labute approximate surface area is 179 Å². The number of halogens is 2. The zero-order valence-electron chi connectivity index (χ0n) is 15.6. The van der Waals surface area contributed by atoms with E-state index in [0.717, 1.165) is 35.1 Å². The number of hydrogen-bond acceptors (Lipinski definition) is 7. The van der Waals surface area contributed by atoms with Crippen LogP contribution in [0.4, 0.5) is 11.6 Å². The van der Waals surface area contributed by atoms with Crippen molar-refractivity contribution < 1.29 is 9.47 Å². The molecule has 6 rings (SSSR count). The van der Waals surface area contributed by atoms with Crippen LogP contribution >= 0.6 is 27.5 Å². The summed E-state index contributed by atoms with van der Waals surface area (Å²) < 4.78 is 16.5. The van der Waals surface area contributed by atoms with Crippen LogP contribution < -0.4 is 10.1 Å². The maximum absolute atomic E-state index is 6.23. The number of aromatic nitrogens is 6. The molecule has 0 amide bonds. The van der Waals surface area contributed by atoms with Crippen LogP contribution in [0, 0.1) is 5.41 Å². The van der Waals surface area contributed by atoms with Gasteiger partial charge in [0.25, 0.3) is 5.88 Å². The summed E-state index contributed by atoms with van der Waals surface area (Å²) >= 11 is 9.95. The molecular weight excluding hydrogens is 462 g/mol. The Morgan fingerprint density at radius 2 is 2.21 bits per heavy atom. The molecule has 1 saturated carbocycles. The largest absolute Gasteiger partial charge is 0.475 e. The van der Waals surface area contributed by atoms with E-state index in [4.69, 9.17) is 26.2 Å². The van der Waals surface area contributed by atoms with E-state index in [1.807, 2.05) is 4.68 Å². The summed E-state index contributed by atoms with van der Waals surface area (Å²) in [6.07, 6.45) is 6.00. The second-order valence-electron chi connectivity index (χ2n) is 8.06. The Balaban J connectivity index is 1.40. The minimum absolute atomic E-state index is 0.176. The van der Waals surface area contributed by atoms with Gasteiger partial charge in [0.05, 0.1) is 31.2 Å². The van der Waals surface area contributed by atoms with Gasteiger partial charge in [-0.3, -0.25) is 0 Å². The van der Waals surface area contributed by atoms with Crippen LogP contribution in [-0.4, -0.2) is 49.3 Å². The first-order chi connectivity index (χ1) is 14.1. The van der Waals surface area contributed by atoms with Gasteiger partial charge in [0.1, 0.15) is 10.3 Å². The molecule has 1 atom stereocenters. The Hall–Kier alpha value is -1.91. The van der Waals surface area contributed by atoms with E-state index in [2.05, 4.69) is 36.3 Å². The van der Waals surface area contributed by atoms with Crippen molar-refractivity contribution in [2.24, 2.45) is 5.41 Å². The standard InChI is InChI=1S/C18H19BrClN7O2/c19-13-12-16(25-27(13)10-6-18(2-3-18)9-28-8-10)29-5-1-4-26-15-11(14(20)24-26)7-21-17(22-12)23-15/h7,10H,1-6,8-9H2,(H,21,22,23)/t10-/m1/s1. The highest BCUT2D eigenvalue weighted by atomic mass is 79.9. The zero-order valence-corrected chi connectivity index (χ0v) is 17.9. The molecule has 5 heterocycles. The molecule has 1 spiro atoms. The molecule has 3 aromatic heterocycles. The van der Waals surface area contributed by atoms with Crippen molar-refractivity contribution in [1.29, 1.82) is 0 Å². The van der Waals surface area contributed by atoms with E-state index < -0.39 is 0 Å². The number of nitrogens with one attached hydrogen (secondary N) is 1. The van der Waals surface area contributed by atoms with Gasteiger partial charge >= 0.3 is 0 Å². The highest BCUT2D eigenvalue weighted by Gasteiger charge is 2.48. The quantitative estimate of drug-likeness (QED) is 0.568. The number of rotatable bonds is 1. The van der Waals surface area contributed by atoms with Crippen molar-refractivity contribution in [3.8, 4) is 5.88 Å².